The lowest BCUT2D eigenvalue weighted by Gasteiger charge is -2.23. The normalized spacial score (nSPS) is 12.3. The highest BCUT2D eigenvalue weighted by Gasteiger charge is 2.12. The van der Waals surface area contributed by atoms with Crippen LogP contribution in [-0.4, -0.2) is 47.2 Å². The molecule has 0 saturated heterocycles. The van der Waals surface area contributed by atoms with Crippen LogP contribution < -0.4 is 10.1 Å². The summed E-state index contributed by atoms with van der Waals surface area (Å²) in [5, 5.41) is 3.63. The number of rotatable bonds is 8. The van der Waals surface area contributed by atoms with Crippen LogP contribution in [0.1, 0.15) is 17.2 Å². The Morgan fingerprint density at radius 1 is 1.15 bits per heavy atom. The van der Waals surface area contributed by atoms with E-state index < -0.39 is 0 Å². The van der Waals surface area contributed by atoms with Crippen molar-refractivity contribution in [1.82, 2.24) is 24.8 Å². The van der Waals surface area contributed by atoms with E-state index in [1.807, 2.05) is 35.2 Å². The summed E-state index contributed by atoms with van der Waals surface area (Å²) < 4.78 is 7.15. The van der Waals surface area contributed by atoms with Crippen LogP contribution in [-0.2, 0) is 6.54 Å². The first-order valence-electron chi connectivity index (χ1n) is 8.61. The van der Waals surface area contributed by atoms with Crippen molar-refractivity contribution in [2.24, 2.45) is 0 Å². The third kappa shape index (κ3) is 4.68. The third-order valence-electron chi connectivity index (χ3n) is 4.20. The zero-order chi connectivity index (χ0) is 18.4. The summed E-state index contributed by atoms with van der Waals surface area (Å²) in [6.45, 7) is 1.66. The van der Waals surface area contributed by atoms with E-state index in [9.17, 15) is 0 Å². The Hall–Kier alpha value is -2.70. The van der Waals surface area contributed by atoms with Crippen LogP contribution >= 0.6 is 0 Å². The molecule has 0 aliphatic rings. The third-order valence-corrected chi connectivity index (χ3v) is 4.20. The number of aromatic nitrogens is 3. The number of nitrogens with zero attached hydrogens (tertiary/aromatic N) is 4. The van der Waals surface area contributed by atoms with E-state index in [1.165, 1.54) is 5.56 Å². The fourth-order valence-corrected chi connectivity index (χ4v) is 2.80. The monoisotopic (exact) mass is 351 g/mol. The van der Waals surface area contributed by atoms with E-state index in [4.69, 9.17) is 4.74 Å². The Morgan fingerprint density at radius 3 is 2.54 bits per heavy atom. The van der Waals surface area contributed by atoms with Crippen molar-refractivity contribution in [3.63, 3.8) is 0 Å². The number of ether oxygens (including phenoxy) is 1. The molecule has 0 bridgehead atoms. The molecule has 26 heavy (non-hydrogen) atoms. The first kappa shape index (κ1) is 18.1. The highest BCUT2D eigenvalue weighted by atomic mass is 16.5. The summed E-state index contributed by atoms with van der Waals surface area (Å²) in [7, 11) is 5.85. The summed E-state index contributed by atoms with van der Waals surface area (Å²) in [5.74, 6) is 1.74. The topological polar surface area (TPSA) is 55.2 Å². The molecule has 0 saturated carbocycles. The molecule has 3 aromatic rings. The molecule has 0 fully saturated rings. The van der Waals surface area contributed by atoms with E-state index in [0.717, 1.165) is 30.2 Å². The smallest absolute Gasteiger partial charge is 0.137 e. The molecule has 0 amide bonds. The van der Waals surface area contributed by atoms with Crippen LogP contribution in [0.25, 0.3) is 5.82 Å². The molecule has 0 radical (unpaired) electrons. The molecule has 2 heterocycles. The second-order valence-corrected chi connectivity index (χ2v) is 6.46. The van der Waals surface area contributed by atoms with Gasteiger partial charge >= 0.3 is 0 Å². The van der Waals surface area contributed by atoms with Gasteiger partial charge in [-0.3, -0.25) is 4.57 Å². The molecule has 3 rings (SSSR count). The fourth-order valence-electron chi connectivity index (χ4n) is 2.80. The minimum Gasteiger partial charge on any atom is -0.497 e. The Kier molecular flexibility index (Phi) is 5.99. The van der Waals surface area contributed by atoms with Crippen molar-refractivity contribution in [2.45, 2.75) is 12.6 Å². The molecule has 136 valence electrons. The Balaban J connectivity index is 1.67. The number of hydrogen-bond acceptors (Lipinski definition) is 5. The van der Waals surface area contributed by atoms with Crippen LogP contribution in [0, 0.1) is 0 Å². The molecule has 0 aliphatic carbocycles. The number of imidazole rings is 1. The zero-order valence-corrected chi connectivity index (χ0v) is 15.5. The van der Waals surface area contributed by atoms with E-state index in [2.05, 4.69) is 52.5 Å². The van der Waals surface area contributed by atoms with Gasteiger partial charge in [-0.05, 0) is 43.4 Å². The summed E-state index contributed by atoms with van der Waals surface area (Å²) in [6.07, 6.45) is 7.29. The average molecular weight is 351 g/mol. The van der Waals surface area contributed by atoms with Gasteiger partial charge in [0.1, 0.15) is 17.9 Å². The van der Waals surface area contributed by atoms with Gasteiger partial charge in [-0.2, -0.15) is 0 Å². The van der Waals surface area contributed by atoms with E-state index in [1.54, 1.807) is 19.6 Å². The minimum atomic E-state index is 0.226. The van der Waals surface area contributed by atoms with Crippen LogP contribution in [0.2, 0.25) is 0 Å². The van der Waals surface area contributed by atoms with Crippen molar-refractivity contribution in [2.75, 3.05) is 27.7 Å². The van der Waals surface area contributed by atoms with Gasteiger partial charge in [-0.1, -0.05) is 18.2 Å². The Morgan fingerprint density at radius 2 is 1.96 bits per heavy atom. The molecule has 0 spiro atoms. The van der Waals surface area contributed by atoms with Gasteiger partial charge in [0.2, 0.25) is 0 Å². The summed E-state index contributed by atoms with van der Waals surface area (Å²) in [6, 6.07) is 12.6. The number of methoxy groups -OCH3 is 1. The second-order valence-electron chi connectivity index (χ2n) is 6.46. The van der Waals surface area contributed by atoms with Crippen LogP contribution in [0.3, 0.4) is 0 Å². The van der Waals surface area contributed by atoms with Gasteiger partial charge in [0.15, 0.2) is 0 Å². The number of nitrogens with one attached hydrogen (secondary N) is 1. The van der Waals surface area contributed by atoms with Gasteiger partial charge in [-0.25, -0.2) is 9.97 Å². The Labute approximate surface area is 154 Å². The maximum Gasteiger partial charge on any atom is 0.137 e. The van der Waals surface area contributed by atoms with Gasteiger partial charge < -0.3 is 15.0 Å². The molecular formula is C20H25N5O. The van der Waals surface area contributed by atoms with Crippen LogP contribution in [0.5, 0.6) is 5.75 Å². The van der Waals surface area contributed by atoms with Crippen molar-refractivity contribution in [3.8, 4) is 11.6 Å². The van der Waals surface area contributed by atoms with Crippen LogP contribution in [0.4, 0.5) is 0 Å². The van der Waals surface area contributed by atoms with Crippen LogP contribution in [0.15, 0.2) is 61.3 Å². The lowest BCUT2D eigenvalue weighted by atomic mass is 10.1. The highest BCUT2D eigenvalue weighted by Crippen LogP contribution is 2.19. The first-order chi connectivity index (χ1) is 12.7. The predicted octanol–water partition coefficient (Wildman–Crippen LogP) is 2.67. The summed E-state index contributed by atoms with van der Waals surface area (Å²) >= 11 is 0. The summed E-state index contributed by atoms with van der Waals surface area (Å²) in [5.41, 5.74) is 2.38. The Bertz CT molecular complexity index is 782. The lowest BCUT2D eigenvalue weighted by molar-refractivity contribution is 0.340. The standard InChI is InChI=1S/C20H25N5O/c1-24(2)14-19(17-5-7-18(26-3)8-6-17)22-12-16-4-9-20(23-13-16)25-11-10-21-15-25/h4-11,13,15,19,22H,12,14H2,1-3H3. The number of pyridine rings is 1. The predicted molar refractivity (Wildman–Crippen MR) is 102 cm³/mol. The van der Waals surface area contributed by atoms with Crippen molar-refractivity contribution < 1.29 is 4.74 Å². The molecule has 2 aromatic heterocycles. The molecule has 1 N–H and O–H groups in total. The minimum absolute atomic E-state index is 0.226. The quantitative estimate of drug-likeness (QED) is 0.676. The summed E-state index contributed by atoms with van der Waals surface area (Å²) in [4.78, 5) is 10.7. The maximum absolute atomic E-state index is 5.26. The van der Waals surface area contributed by atoms with Gasteiger partial charge in [0.25, 0.3) is 0 Å². The lowest BCUT2D eigenvalue weighted by Crippen LogP contribution is -2.31. The number of benzene rings is 1. The molecule has 6 nitrogen and oxygen atoms in total. The van der Waals surface area contributed by atoms with E-state index >= 15 is 0 Å². The van der Waals surface area contributed by atoms with Gasteiger partial charge in [-0.15, -0.1) is 0 Å². The highest BCUT2D eigenvalue weighted by molar-refractivity contribution is 5.30. The second kappa shape index (κ2) is 8.60. The van der Waals surface area contributed by atoms with E-state index in [0.29, 0.717) is 0 Å². The maximum atomic E-state index is 5.26. The van der Waals surface area contributed by atoms with Gasteiger partial charge in [0, 0.05) is 37.7 Å². The molecular weight excluding hydrogens is 326 g/mol. The fraction of sp³-hybridized carbons (Fsp3) is 0.300. The number of hydrogen-bond donors (Lipinski definition) is 1. The first-order valence-corrected chi connectivity index (χ1v) is 8.61. The molecule has 0 aliphatic heterocycles. The van der Waals surface area contributed by atoms with Crippen molar-refractivity contribution in [3.05, 3.63) is 72.4 Å². The van der Waals surface area contributed by atoms with Gasteiger partial charge in [0.05, 0.1) is 7.11 Å². The molecule has 1 aromatic carbocycles. The molecule has 1 unspecified atom stereocenters. The SMILES string of the molecule is COc1ccc(C(CN(C)C)NCc2ccc(-n3ccnc3)nc2)cc1. The van der Waals surface area contributed by atoms with E-state index in [-0.39, 0.29) is 6.04 Å². The van der Waals surface area contributed by atoms with Crippen molar-refractivity contribution in [1.29, 1.82) is 0 Å². The average Bonchev–Trinajstić information content (AvgIpc) is 3.20. The number of likely N-dealkylation sites (N-methyl/N-ethyl adjacent to an activating group) is 1. The van der Waals surface area contributed by atoms with Crippen molar-refractivity contribution >= 4 is 0 Å². The molecule has 1 atom stereocenters. The molecule has 6 heteroatoms. The largest absolute Gasteiger partial charge is 0.497 e. The zero-order valence-electron chi connectivity index (χ0n) is 15.5.